The molecule has 0 spiro atoms. The van der Waals surface area contributed by atoms with Gasteiger partial charge in [0.15, 0.2) is 0 Å². The van der Waals surface area contributed by atoms with Gasteiger partial charge in [-0.1, -0.05) is 6.07 Å². The van der Waals surface area contributed by atoms with E-state index in [1.54, 1.807) is 19.2 Å². The second kappa shape index (κ2) is 5.40. The number of benzene rings is 2. The van der Waals surface area contributed by atoms with E-state index in [0.717, 1.165) is 0 Å². The summed E-state index contributed by atoms with van der Waals surface area (Å²) in [5.41, 5.74) is 0.756. The Balaban J connectivity index is 2.36. The van der Waals surface area contributed by atoms with Crippen molar-refractivity contribution >= 4 is 27.5 Å². The third-order valence-electron chi connectivity index (χ3n) is 2.68. The van der Waals surface area contributed by atoms with Crippen LogP contribution in [0.4, 0.5) is 10.1 Å². The van der Waals surface area contributed by atoms with Crippen LogP contribution in [0.2, 0.25) is 0 Å². The van der Waals surface area contributed by atoms with E-state index in [9.17, 15) is 14.3 Å². The normalized spacial score (nSPS) is 10.3. The van der Waals surface area contributed by atoms with Crippen LogP contribution in [0.25, 0.3) is 0 Å². The molecule has 2 aromatic carbocycles. The molecular formula is C14H11BrFNO2. The Morgan fingerprint density at radius 1 is 1.26 bits per heavy atom. The lowest BCUT2D eigenvalue weighted by molar-refractivity contribution is 0.0992. The molecule has 2 rings (SSSR count). The first-order valence-corrected chi connectivity index (χ1v) is 6.30. The smallest absolute Gasteiger partial charge is 0.259 e. The van der Waals surface area contributed by atoms with Gasteiger partial charge in [0.25, 0.3) is 5.91 Å². The van der Waals surface area contributed by atoms with Gasteiger partial charge in [0.1, 0.15) is 11.6 Å². The van der Waals surface area contributed by atoms with Crippen molar-refractivity contribution in [2.75, 3.05) is 11.9 Å². The van der Waals surface area contributed by atoms with Crippen LogP contribution < -0.4 is 4.90 Å². The largest absolute Gasteiger partial charge is 0.508 e. The van der Waals surface area contributed by atoms with Crippen LogP contribution in [-0.4, -0.2) is 18.1 Å². The Labute approximate surface area is 118 Å². The van der Waals surface area contributed by atoms with Crippen molar-refractivity contribution in [2.24, 2.45) is 0 Å². The van der Waals surface area contributed by atoms with E-state index in [1.807, 2.05) is 0 Å². The van der Waals surface area contributed by atoms with Gasteiger partial charge in [0.05, 0.1) is 5.56 Å². The highest BCUT2D eigenvalue weighted by molar-refractivity contribution is 9.10. The molecule has 3 nitrogen and oxygen atoms in total. The molecule has 1 N–H and O–H groups in total. The number of anilines is 1. The molecule has 2 aromatic rings. The molecule has 0 aliphatic rings. The average Bonchev–Trinajstić information content (AvgIpc) is 2.40. The highest BCUT2D eigenvalue weighted by atomic mass is 79.9. The molecule has 0 saturated carbocycles. The van der Waals surface area contributed by atoms with Crippen molar-refractivity contribution in [3.8, 4) is 5.75 Å². The lowest BCUT2D eigenvalue weighted by Crippen LogP contribution is -2.26. The van der Waals surface area contributed by atoms with Crippen molar-refractivity contribution in [1.82, 2.24) is 0 Å². The van der Waals surface area contributed by atoms with E-state index in [1.165, 1.54) is 35.2 Å². The summed E-state index contributed by atoms with van der Waals surface area (Å²) in [5, 5.41) is 9.41. The van der Waals surface area contributed by atoms with Gasteiger partial charge >= 0.3 is 0 Å². The maximum absolute atomic E-state index is 13.2. The van der Waals surface area contributed by atoms with E-state index in [2.05, 4.69) is 15.9 Å². The van der Waals surface area contributed by atoms with E-state index < -0.39 is 5.82 Å². The molecule has 0 heterocycles. The first-order chi connectivity index (χ1) is 8.99. The molecule has 0 bridgehead atoms. The lowest BCUT2D eigenvalue weighted by Gasteiger charge is -2.18. The Bertz CT molecular complexity index is 631. The minimum atomic E-state index is -0.476. The van der Waals surface area contributed by atoms with Gasteiger partial charge in [0, 0.05) is 23.3 Å². The van der Waals surface area contributed by atoms with Gasteiger partial charge in [-0.05, 0) is 46.3 Å². The predicted octanol–water partition coefficient (Wildman–Crippen LogP) is 3.57. The molecule has 98 valence electrons. The second-order valence-corrected chi connectivity index (χ2v) is 4.86. The molecule has 0 atom stereocenters. The number of rotatable bonds is 2. The van der Waals surface area contributed by atoms with Crippen LogP contribution in [0, 0.1) is 5.82 Å². The van der Waals surface area contributed by atoms with Gasteiger partial charge in [0.2, 0.25) is 0 Å². The van der Waals surface area contributed by atoms with Crippen molar-refractivity contribution in [3.63, 3.8) is 0 Å². The Morgan fingerprint density at radius 2 is 2.00 bits per heavy atom. The minimum Gasteiger partial charge on any atom is -0.508 e. The Kier molecular flexibility index (Phi) is 3.85. The van der Waals surface area contributed by atoms with Crippen LogP contribution in [0.15, 0.2) is 46.9 Å². The van der Waals surface area contributed by atoms with Gasteiger partial charge in [-0.2, -0.15) is 0 Å². The maximum atomic E-state index is 13.2. The summed E-state index contributed by atoms with van der Waals surface area (Å²) in [5.74, 6) is -0.775. The number of halogens is 2. The van der Waals surface area contributed by atoms with Crippen molar-refractivity contribution in [1.29, 1.82) is 0 Å². The van der Waals surface area contributed by atoms with Crippen LogP contribution in [0.5, 0.6) is 5.75 Å². The van der Waals surface area contributed by atoms with Crippen molar-refractivity contribution in [2.45, 2.75) is 0 Å². The number of nitrogens with zero attached hydrogens (tertiary/aromatic N) is 1. The molecule has 5 heteroatoms. The molecule has 1 amide bonds. The van der Waals surface area contributed by atoms with Crippen LogP contribution >= 0.6 is 15.9 Å². The third-order valence-corrected chi connectivity index (χ3v) is 3.37. The number of aromatic hydroxyl groups is 1. The molecule has 0 radical (unpaired) electrons. The molecule has 0 aliphatic heterocycles. The SMILES string of the molecule is CN(C(=O)c1cc(F)ccc1Br)c1cccc(O)c1. The van der Waals surface area contributed by atoms with Gasteiger partial charge < -0.3 is 10.0 Å². The van der Waals surface area contributed by atoms with Crippen LogP contribution in [-0.2, 0) is 0 Å². The highest BCUT2D eigenvalue weighted by Crippen LogP contribution is 2.24. The second-order valence-electron chi connectivity index (χ2n) is 4.01. The number of hydrogen-bond donors (Lipinski definition) is 1. The lowest BCUT2D eigenvalue weighted by atomic mass is 10.2. The zero-order chi connectivity index (χ0) is 14.0. The number of carbonyl (C=O) groups excluding carboxylic acids is 1. The Morgan fingerprint density at radius 3 is 2.68 bits per heavy atom. The summed E-state index contributed by atoms with van der Waals surface area (Å²) in [6.45, 7) is 0. The fourth-order valence-corrected chi connectivity index (χ4v) is 2.08. The topological polar surface area (TPSA) is 40.5 Å². The first-order valence-electron chi connectivity index (χ1n) is 5.51. The zero-order valence-electron chi connectivity index (χ0n) is 10.1. The standard InChI is InChI=1S/C14H11BrFNO2/c1-17(10-3-2-4-11(18)8-10)14(19)12-7-9(16)5-6-13(12)15/h2-8,18H,1H3. The van der Waals surface area contributed by atoms with Gasteiger partial charge in [-0.25, -0.2) is 4.39 Å². The summed E-state index contributed by atoms with van der Waals surface area (Å²) in [4.78, 5) is 13.6. The third kappa shape index (κ3) is 2.93. The molecule has 19 heavy (non-hydrogen) atoms. The van der Waals surface area contributed by atoms with Gasteiger partial charge in [-0.3, -0.25) is 4.79 Å². The summed E-state index contributed by atoms with van der Waals surface area (Å²) in [6, 6.07) is 10.2. The maximum Gasteiger partial charge on any atom is 0.259 e. The van der Waals surface area contributed by atoms with Crippen molar-refractivity contribution < 1.29 is 14.3 Å². The fraction of sp³-hybridized carbons (Fsp3) is 0.0714. The molecule has 0 saturated heterocycles. The monoisotopic (exact) mass is 323 g/mol. The molecule has 0 unspecified atom stereocenters. The quantitative estimate of drug-likeness (QED) is 0.917. The van der Waals surface area contributed by atoms with Gasteiger partial charge in [-0.15, -0.1) is 0 Å². The fourth-order valence-electron chi connectivity index (χ4n) is 1.66. The number of hydrogen-bond acceptors (Lipinski definition) is 2. The number of phenols is 1. The van der Waals surface area contributed by atoms with E-state index in [4.69, 9.17) is 0 Å². The minimum absolute atomic E-state index is 0.0652. The molecule has 0 fully saturated rings. The first kappa shape index (κ1) is 13.5. The Hall–Kier alpha value is -1.88. The van der Waals surface area contributed by atoms with Crippen LogP contribution in [0.1, 0.15) is 10.4 Å². The summed E-state index contributed by atoms with van der Waals surface area (Å²) in [7, 11) is 1.56. The summed E-state index contributed by atoms with van der Waals surface area (Å²) in [6.07, 6.45) is 0. The number of carbonyl (C=O) groups is 1. The molecule has 0 aliphatic carbocycles. The van der Waals surface area contributed by atoms with E-state index in [0.29, 0.717) is 10.2 Å². The van der Waals surface area contributed by atoms with E-state index in [-0.39, 0.29) is 17.2 Å². The average molecular weight is 324 g/mol. The summed E-state index contributed by atoms with van der Waals surface area (Å²) < 4.78 is 13.7. The number of phenolic OH excluding ortho intramolecular Hbond substituents is 1. The zero-order valence-corrected chi connectivity index (χ0v) is 11.7. The molecule has 0 aromatic heterocycles. The number of amides is 1. The predicted molar refractivity (Wildman–Crippen MR) is 74.9 cm³/mol. The summed E-state index contributed by atoms with van der Waals surface area (Å²) >= 11 is 3.22. The molecular weight excluding hydrogens is 313 g/mol. The van der Waals surface area contributed by atoms with E-state index >= 15 is 0 Å². The van der Waals surface area contributed by atoms with Crippen molar-refractivity contribution in [3.05, 3.63) is 58.3 Å². The highest BCUT2D eigenvalue weighted by Gasteiger charge is 2.17. The van der Waals surface area contributed by atoms with Crippen LogP contribution in [0.3, 0.4) is 0 Å².